The molecule has 0 aromatic carbocycles. The first-order valence-electron chi connectivity index (χ1n) is 7.47. The first-order valence-corrected chi connectivity index (χ1v) is 7.47. The van der Waals surface area contributed by atoms with Gasteiger partial charge in [0.25, 0.3) is 5.91 Å². The summed E-state index contributed by atoms with van der Waals surface area (Å²) in [6.45, 7) is 1.81. The van der Waals surface area contributed by atoms with Gasteiger partial charge in [-0.25, -0.2) is 0 Å². The summed E-state index contributed by atoms with van der Waals surface area (Å²) < 4.78 is 4.92. The number of carbonyl (C=O) groups is 2. The fraction of sp³-hybridized carbons (Fsp3) is 0.857. The van der Waals surface area contributed by atoms with Gasteiger partial charge in [-0.15, -0.1) is 0 Å². The lowest BCUT2D eigenvalue weighted by Crippen LogP contribution is -2.44. The van der Waals surface area contributed by atoms with Crippen LogP contribution in [0.1, 0.15) is 39.0 Å². The van der Waals surface area contributed by atoms with Gasteiger partial charge < -0.3 is 9.64 Å². The van der Waals surface area contributed by atoms with E-state index in [4.69, 9.17) is 4.74 Å². The minimum absolute atomic E-state index is 0.192. The third-order valence-electron chi connectivity index (χ3n) is 4.63. The normalized spacial score (nSPS) is 31.3. The van der Waals surface area contributed by atoms with Gasteiger partial charge in [-0.05, 0) is 18.8 Å². The van der Waals surface area contributed by atoms with Gasteiger partial charge in [-0.1, -0.05) is 19.8 Å². The molecule has 0 saturated heterocycles. The molecule has 0 heterocycles. The van der Waals surface area contributed by atoms with Gasteiger partial charge in [0.05, 0.1) is 0 Å². The summed E-state index contributed by atoms with van der Waals surface area (Å²) in [6.07, 6.45) is 4.60. The summed E-state index contributed by atoms with van der Waals surface area (Å²) in [5.74, 6) is -1.09. The number of carbonyl (C=O) groups excluding carboxylic acids is 2. The van der Waals surface area contributed by atoms with Crippen LogP contribution in [0.15, 0.2) is 0 Å². The van der Waals surface area contributed by atoms with E-state index in [0.717, 1.165) is 19.3 Å². The number of hydrogen-bond acceptors (Lipinski definition) is 5. The third kappa shape index (κ3) is 3.71. The highest BCUT2D eigenvalue weighted by Gasteiger charge is 2.54. The summed E-state index contributed by atoms with van der Waals surface area (Å²) in [5.41, 5.74) is 0. The Morgan fingerprint density at radius 3 is 2.57 bits per heavy atom. The van der Waals surface area contributed by atoms with E-state index in [2.05, 4.69) is 6.92 Å². The van der Waals surface area contributed by atoms with Crippen LogP contribution in [0.2, 0.25) is 0 Å². The van der Waals surface area contributed by atoms with Crippen molar-refractivity contribution < 1.29 is 19.2 Å². The second-order valence-corrected chi connectivity index (χ2v) is 6.14. The molecular formula is C14H22N2O5. The molecule has 4 atom stereocenters. The molecule has 0 N–H and O–H groups in total. The molecular weight excluding hydrogens is 276 g/mol. The molecule has 0 spiro atoms. The van der Waals surface area contributed by atoms with Crippen molar-refractivity contribution in [2.24, 2.45) is 11.8 Å². The van der Waals surface area contributed by atoms with Gasteiger partial charge in [-0.3, -0.25) is 19.7 Å². The van der Waals surface area contributed by atoms with E-state index in [-0.39, 0.29) is 25.0 Å². The number of esters is 1. The molecule has 0 radical (unpaired) electrons. The summed E-state index contributed by atoms with van der Waals surface area (Å²) in [6, 6.07) is -0.638. The Morgan fingerprint density at radius 2 is 2.00 bits per heavy atom. The average Bonchev–Trinajstić information content (AvgIpc) is 3.24. The molecule has 0 aromatic rings. The molecule has 0 bridgehead atoms. The molecule has 2 aliphatic rings. The molecule has 2 saturated carbocycles. The summed E-state index contributed by atoms with van der Waals surface area (Å²) in [4.78, 5) is 35.3. The quantitative estimate of drug-likeness (QED) is 0.432. The molecule has 1 amide bonds. The van der Waals surface area contributed by atoms with Gasteiger partial charge in [0.15, 0.2) is 6.61 Å². The Morgan fingerprint density at radius 1 is 1.33 bits per heavy atom. The Bertz CT molecular complexity index is 439. The lowest BCUT2D eigenvalue weighted by atomic mass is 9.85. The lowest BCUT2D eigenvalue weighted by Gasteiger charge is -2.36. The van der Waals surface area contributed by atoms with Crippen LogP contribution in [0.25, 0.3) is 0 Å². The summed E-state index contributed by atoms with van der Waals surface area (Å²) in [5, 5.41) is 10.5. The van der Waals surface area contributed by atoms with Crippen molar-refractivity contribution in [2.45, 2.75) is 51.1 Å². The van der Waals surface area contributed by atoms with Crippen LogP contribution < -0.4 is 0 Å². The number of ether oxygens (including phenoxy) is 1. The van der Waals surface area contributed by atoms with Gasteiger partial charge in [0.1, 0.15) is 5.92 Å². The highest BCUT2D eigenvalue weighted by Crippen LogP contribution is 2.34. The zero-order chi connectivity index (χ0) is 15.6. The molecule has 7 heteroatoms. The minimum atomic E-state index is -0.830. The summed E-state index contributed by atoms with van der Waals surface area (Å²) in [7, 11) is 1.74. The number of rotatable bonds is 5. The zero-order valence-electron chi connectivity index (χ0n) is 12.5. The van der Waals surface area contributed by atoms with E-state index in [1.54, 1.807) is 11.9 Å². The number of likely N-dealkylation sites (N-methyl/N-ethyl adjacent to an activating group) is 1. The number of nitro groups is 1. The first kappa shape index (κ1) is 15.7. The van der Waals surface area contributed by atoms with Crippen LogP contribution in [-0.4, -0.2) is 47.4 Å². The third-order valence-corrected chi connectivity index (χ3v) is 4.63. The fourth-order valence-corrected chi connectivity index (χ4v) is 3.07. The van der Waals surface area contributed by atoms with E-state index >= 15 is 0 Å². The van der Waals surface area contributed by atoms with Crippen molar-refractivity contribution in [1.82, 2.24) is 4.90 Å². The van der Waals surface area contributed by atoms with Crippen LogP contribution in [-0.2, 0) is 14.3 Å². The molecule has 2 aliphatic carbocycles. The Balaban J connectivity index is 1.76. The van der Waals surface area contributed by atoms with Crippen LogP contribution in [0.5, 0.6) is 0 Å². The monoisotopic (exact) mass is 298 g/mol. The van der Waals surface area contributed by atoms with Crippen LogP contribution in [0.3, 0.4) is 0 Å². The van der Waals surface area contributed by atoms with E-state index in [1.807, 2.05) is 0 Å². The predicted molar refractivity (Wildman–Crippen MR) is 74.0 cm³/mol. The highest BCUT2D eigenvalue weighted by atomic mass is 16.6. The van der Waals surface area contributed by atoms with Gasteiger partial charge in [0, 0.05) is 24.4 Å². The second-order valence-electron chi connectivity index (χ2n) is 6.14. The molecule has 118 valence electrons. The van der Waals surface area contributed by atoms with Crippen LogP contribution in [0.4, 0.5) is 0 Å². The standard InChI is InChI=1S/C14H22N2O5/c1-9-5-3-4-6-11(9)15(2)13(17)8-21-14(18)10-7-12(10)16(19)20/h9-12H,3-8H2,1-2H3/t9-,10+,11+,12-/m1/s1. The smallest absolute Gasteiger partial charge is 0.316 e. The molecule has 2 rings (SSSR count). The molecule has 0 aliphatic heterocycles. The van der Waals surface area contributed by atoms with Gasteiger partial charge >= 0.3 is 5.97 Å². The molecule has 2 fully saturated rings. The van der Waals surface area contributed by atoms with E-state index in [0.29, 0.717) is 5.92 Å². The maximum absolute atomic E-state index is 12.1. The van der Waals surface area contributed by atoms with Gasteiger partial charge in [0.2, 0.25) is 6.04 Å². The molecule has 0 aromatic heterocycles. The minimum Gasteiger partial charge on any atom is -0.455 e. The topological polar surface area (TPSA) is 89.8 Å². The zero-order valence-corrected chi connectivity index (χ0v) is 12.5. The number of hydrogen-bond donors (Lipinski definition) is 0. The van der Waals surface area contributed by atoms with E-state index < -0.39 is 22.9 Å². The SMILES string of the molecule is C[C@@H]1CCCC[C@@H]1N(C)C(=O)COC(=O)[C@H]1C[C@H]1[N+](=O)[O-]. The molecule has 0 unspecified atom stereocenters. The van der Waals surface area contributed by atoms with Crippen molar-refractivity contribution in [3.8, 4) is 0 Å². The molecule has 21 heavy (non-hydrogen) atoms. The van der Waals surface area contributed by atoms with Crippen molar-refractivity contribution >= 4 is 11.9 Å². The van der Waals surface area contributed by atoms with Crippen LogP contribution >= 0.6 is 0 Å². The maximum Gasteiger partial charge on any atom is 0.316 e. The van der Waals surface area contributed by atoms with Crippen molar-refractivity contribution in [3.63, 3.8) is 0 Å². The maximum atomic E-state index is 12.1. The fourth-order valence-electron chi connectivity index (χ4n) is 3.07. The van der Waals surface area contributed by atoms with Gasteiger partial charge in [-0.2, -0.15) is 0 Å². The largest absolute Gasteiger partial charge is 0.455 e. The first-order chi connectivity index (χ1) is 9.91. The van der Waals surface area contributed by atoms with Crippen molar-refractivity contribution in [2.75, 3.05) is 13.7 Å². The summed E-state index contributed by atoms with van der Waals surface area (Å²) >= 11 is 0. The average molecular weight is 298 g/mol. The number of nitrogens with zero attached hydrogens (tertiary/aromatic N) is 2. The molecule has 7 nitrogen and oxygen atoms in total. The van der Waals surface area contributed by atoms with Crippen LogP contribution in [0, 0.1) is 22.0 Å². The Labute approximate surface area is 123 Å². The highest BCUT2D eigenvalue weighted by molar-refractivity contribution is 5.82. The Kier molecular flexibility index (Phi) is 4.80. The lowest BCUT2D eigenvalue weighted by molar-refractivity contribution is -0.497. The van der Waals surface area contributed by atoms with E-state index in [1.165, 1.54) is 6.42 Å². The number of amides is 1. The van der Waals surface area contributed by atoms with Crippen molar-refractivity contribution in [3.05, 3.63) is 10.1 Å². The Hall–Kier alpha value is -1.66. The predicted octanol–water partition coefficient (Wildman–Crippen LogP) is 1.23. The van der Waals surface area contributed by atoms with E-state index in [9.17, 15) is 19.7 Å². The second kappa shape index (κ2) is 6.41. The van der Waals surface area contributed by atoms with Crippen molar-refractivity contribution in [1.29, 1.82) is 0 Å².